The van der Waals surface area contributed by atoms with Crippen molar-refractivity contribution in [3.05, 3.63) is 5.89 Å². The van der Waals surface area contributed by atoms with Gasteiger partial charge in [0.2, 0.25) is 5.89 Å². The molecule has 0 saturated carbocycles. The Morgan fingerprint density at radius 2 is 2.41 bits per heavy atom. The molecule has 2 rings (SSSR count). The third kappa shape index (κ3) is 3.33. The summed E-state index contributed by atoms with van der Waals surface area (Å²) in [5.41, 5.74) is 0. The van der Waals surface area contributed by atoms with Crippen LogP contribution in [-0.2, 0) is 11.2 Å². The lowest BCUT2D eigenvalue weighted by atomic mass is 9.99. The molecule has 2 heterocycles. The van der Waals surface area contributed by atoms with Crippen LogP contribution in [0.4, 0.5) is 6.01 Å². The lowest BCUT2D eigenvalue weighted by molar-refractivity contribution is 0.142. The highest BCUT2D eigenvalue weighted by atomic mass is 35.5. The van der Waals surface area contributed by atoms with Crippen LogP contribution in [0.2, 0.25) is 0 Å². The summed E-state index contributed by atoms with van der Waals surface area (Å²) in [6.45, 7) is 2.69. The zero-order chi connectivity index (χ0) is 12.1. The Bertz CT molecular complexity index is 343. The Morgan fingerprint density at radius 1 is 1.53 bits per heavy atom. The number of nitrogens with zero attached hydrogens (tertiary/aromatic N) is 3. The summed E-state index contributed by atoms with van der Waals surface area (Å²) < 4.78 is 10.8. The molecule has 0 amide bonds. The second kappa shape index (κ2) is 6.21. The van der Waals surface area contributed by atoms with Crippen LogP contribution in [0.25, 0.3) is 0 Å². The molecule has 1 saturated heterocycles. The number of rotatable bonds is 5. The van der Waals surface area contributed by atoms with E-state index in [2.05, 4.69) is 15.1 Å². The van der Waals surface area contributed by atoms with E-state index in [-0.39, 0.29) is 0 Å². The molecule has 96 valence electrons. The van der Waals surface area contributed by atoms with E-state index in [1.165, 1.54) is 6.42 Å². The molecule has 0 aliphatic carbocycles. The van der Waals surface area contributed by atoms with Crippen LogP contribution < -0.4 is 4.90 Å². The third-order valence-electron chi connectivity index (χ3n) is 2.96. The smallest absolute Gasteiger partial charge is 0.318 e. The topological polar surface area (TPSA) is 51.4 Å². The fourth-order valence-corrected chi connectivity index (χ4v) is 2.33. The largest absolute Gasteiger partial charge is 0.408 e. The molecule has 0 N–H and O–H groups in total. The molecule has 1 aliphatic rings. The number of anilines is 1. The molecule has 0 radical (unpaired) electrons. The van der Waals surface area contributed by atoms with E-state index >= 15 is 0 Å². The van der Waals surface area contributed by atoms with Crippen molar-refractivity contribution in [3.8, 4) is 0 Å². The molecule has 1 aromatic heterocycles. The van der Waals surface area contributed by atoms with E-state index in [1.54, 1.807) is 7.11 Å². The lowest BCUT2D eigenvalue weighted by Gasteiger charge is -2.30. The number of piperidine rings is 1. The minimum absolute atomic E-state index is 0.508. The average Bonchev–Trinajstić information content (AvgIpc) is 2.79. The van der Waals surface area contributed by atoms with Crippen LogP contribution in [0.5, 0.6) is 0 Å². The Morgan fingerprint density at radius 3 is 3.18 bits per heavy atom. The SMILES string of the molecule is COCC1CCCN(c2nnc(CCCl)o2)C1. The first-order valence-electron chi connectivity index (χ1n) is 5.95. The van der Waals surface area contributed by atoms with Gasteiger partial charge in [-0.15, -0.1) is 16.7 Å². The molecule has 1 unspecified atom stereocenters. The molecule has 0 aromatic carbocycles. The average molecular weight is 260 g/mol. The van der Waals surface area contributed by atoms with Crippen LogP contribution in [-0.4, -0.2) is 42.9 Å². The zero-order valence-electron chi connectivity index (χ0n) is 10.1. The number of hydrogen-bond donors (Lipinski definition) is 0. The van der Waals surface area contributed by atoms with Crippen LogP contribution in [0, 0.1) is 5.92 Å². The van der Waals surface area contributed by atoms with Gasteiger partial charge >= 0.3 is 6.01 Å². The first-order chi connectivity index (χ1) is 8.33. The first kappa shape index (κ1) is 12.6. The van der Waals surface area contributed by atoms with Gasteiger partial charge in [0.25, 0.3) is 0 Å². The van der Waals surface area contributed by atoms with Crippen molar-refractivity contribution in [2.24, 2.45) is 5.92 Å². The van der Waals surface area contributed by atoms with Crippen molar-refractivity contribution in [1.29, 1.82) is 0 Å². The Kier molecular flexibility index (Phi) is 4.62. The van der Waals surface area contributed by atoms with Gasteiger partial charge in [-0.25, -0.2) is 0 Å². The fraction of sp³-hybridized carbons (Fsp3) is 0.818. The van der Waals surface area contributed by atoms with Gasteiger partial charge < -0.3 is 14.1 Å². The van der Waals surface area contributed by atoms with E-state index in [4.69, 9.17) is 20.8 Å². The normalized spacial score (nSPS) is 20.8. The van der Waals surface area contributed by atoms with Crippen LogP contribution >= 0.6 is 11.6 Å². The van der Waals surface area contributed by atoms with E-state index in [0.717, 1.165) is 26.1 Å². The fourth-order valence-electron chi connectivity index (χ4n) is 2.16. The summed E-state index contributed by atoms with van der Waals surface area (Å²) in [6.07, 6.45) is 2.97. The van der Waals surface area contributed by atoms with E-state index in [9.17, 15) is 0 Å². The lowest BCUT2D eigenvalue weighted by Crippen LogP contribution is -2.37. The molecular weight excluding hydrogens is 242 g/mol. The minimum atomic E-state index is 0.508. The van der Waals surface area contributed by atoms with Crippen LogP contribution in [0.3, 0.4) is 0 Å². The maximum absolute atomic E-state index is 5.64. The van der Waals surface area contributed by atoms with Gasteiger partial charge in [0.15, 0.2) is 0 Å². The predicted molar refractivity (Wildman–Crippen MR) is 65.5 cm³/mol. The van der Waals surface area contributed by atoms with Gasteiger partial charge in [0.05, 0.1) is 6.61 Å². The van der Waals surface area contributed by atoms with Crippen LogP contribution in [0.15, 0.2) is 4.42 Å². The Labute approximate surface area is 106 Å². The number of alkyl halides is 1. The van der Waals surface area contributed by atoms with Gasteiger partial charge in [-0.05, 0) is 12.8 Å². The monoisotopic (exact) mass is 259 g/mol. The van der Waals surface area contributed by atoms with Gasteiger partial charge in [-0.1, -0.05) is 5.10 Å². The number of methoxy groups -OCH3 is 1. The number of halogens is 1. The number of hydrogen-bond acceptors (Lipinski definition) is 5. The summed E-state index contributed by atoms with van der Waals surface area (Å²) in [5.74, 6) is 1.68. The summed E-state index contributed by atoms with van der Waals surface area (Å²) in [5, 5.41) is 8.04. The van der Waals surface area contributed by atoms with Crippen molar-refractivity contribution >= 4 is 17.6 Å². The zero-order valence-corrected chi connectivity index (χ0v) is 10.8. The summed E-state index contributed by atoms with van der Waals surface area (Å²) in [7, 11) is 1.74. The van der Waals surface area contributed by atoms with Gasteiger partial charge in [0, 0.05) is 38.4 Å². The summed E-state index contributed by atoms with van der Waals surface area (Å²) in [6, 6.07) is 0.617. The Hall–Kier alpha value is -0.810. The number of ether oxygens (including phenoxy) is 1. The van der Waals surface area contributed by atoms with Crippen molar-refractivity contribution in [3.63, 3.8) is 0 Å². The third-order valence-corrected chi connectivity index (χ3v) is 3.15. The second-order valence-electron chi connectivity index (χ2n) is 4.33. The quantitative estimate of drug-likeness (QED) is 0.754. The highest BCUT2D eigenvalue weighted by Gasteiger charge is 2.23. The molecule has 0 bridgehead atoms. The number of aryl methyl sites for hydroxylation is 1. The molecule has 17 heavy (non-hydrogen) atoms. The maximum Gasteiger partial charge on any atom is 0.318 e. The highest BCUT2D eigenvalue weighted by molar-refractivity contribution is 6.17. The van der Waals surface area contributed by atoms with Gasteiger partial charge in [0.1, 0.15) is 0 Å². The van der Waals surface area contributed by atoms with Crippen molar-refractivity contribution in [1.82, 2.24) is 10.2 Å². The predicted octanol–water partition coefficient (Wildman–Crippen LogP) is 1.71. The first-order valence-corrected chi connectivity index (χ1v) is 6.49. The standard InChI is InChI=1S/C11H18ClN3O2/c1-16-8-9-3-2-6-15(7-9)11-14-13-10(17-11)4-5-12/h9H,2-8H2,1H3. The maximum atomic E-state index is 5.64. The van der Waals surface area contributed by atoms with E-state index < -0.39 is 0 Å². The molecule has 1 fully saturated rings. The molecule has 6 heteroatoms. The van der Waals surface area contributed by atoms with Gasteiger partial charge in [-0.3, -0.25) is 0 Å². The van der Waals surface area contributed by atoms with Crippen molar-refractivity contribution in [2.75, 3.05) is 37.6 Å². The molecule has 1 aliphatic heterocycles. The van der Waals surface area contributed by atoms with Crippen molar-refractivity contribution in [2.45, 2.75) is 19.3 Å². The molecule has 0 spiro atoms. The molecular formula is C11H18ClN3O2. The van der Waals surface area contributed by atoms with Crippen molar-refractivity contribution < 1.29 is 9.15 Å². The summed E-state index contributed by atoms with van der Waals surface area (Å²) in [4.78, 5) is 2.14. The Balaban J connectivity index is 1.95. The van der Waals surface area contributed by atoms with Crippen LogP contribution in [0.1, 0.15) is 18.7 Å². The van der Waals surface area contributed by atoms with E-state index in [0.29, 0.717) is 30.1 Å². The summed E-state index contributed by atoms with van der Waals surface area (Å²) >= 11 is 5.64. The highest BCUT2D eigenvalue weighted by Crippen LogP contribution is 2.22. The van der Waals surface area contributed by atoms with Gasteiger partial charge in [-0.2, -0.15) is 0 Å². The van der Waals surface area contributed by atoms with E-state index in [1.807, 2.05) is 0 Å². The molecule has 1 atom stereocenters. The molecule has 5 nitrogen and oxygen atoms in total. The molecule has 1 aromatic rings. The number of aromatic nitrogens is 2. The second-order valence-corrected chi connectivity index (χ2v) is 4.70. The minimum Gasteiger partial charge on any atom is -0.408 e.